The monoisotopic (exact) mass is 757 g/mol. The van der Waals surface area contributed by atoms with Crippen molar-refractivity contribution in [1.82, 2.24) is 9.55 Å². The van der Waals surface area contributed by atoms with Crippen LogP contribution in [0.1, 0.15) is 30.4 Å². The Hall–Kier alpha value is -7.23. The average molecular weight is 758 g/mol. The van der Waals surface area contributed by atoms with Gasteiger partial charge in [0, 0.05) is 39.4 Å². The Morgan fingerprint density at radius 3 is 2.03 bits per heavy atom. The summed E-state index contributed by atoms with van der Waals surface area (Å²) in [6.45, 7) is 2.29. The van der Waals surface area contributed by atoms with Gasteiger partial charge in [-0.2, -0.15) is 0 Å². The molecule has 59 heavy (non-hydrogen) atoms. The van der Waals surface area contributed by atoms with Crippen LogP contribution in [-0.2, 0) is 0 Å². The van der Waals surface area contributed by atoms with Crippen LogP contribution in [0.5, 0.6) is 0 Å². The molecule has 0 fully saturated rings. The molecule has 0 spiro atoms. The van der Waals surface area contributed by atoms with Gasteiger partial charge in [-0.15, -0.1) is 0 Å². The summed E-state index contributed by atoms with van der Waals surface area (Å²) in [4.78, 5) is 7.86. The summed E-state index contributed by atoms with van der Waals surface area (Å²) < 4.78 is 2.48. The Morgan fingerprint density at radius 1 is 0.525 bits per heavy atom. The van der Waals surface area contributed by atoms with E-state index >= 15 is 0 Å². The van der Waals surface area contributed by atoms with Crippen LogP contribution in [0.25, 0.3) is 67.1 Å². The van der Waals surface area contributed by atoms with Crippen molar-refractivity contribution in [3.8, 4) is 50.6 Å². The topological polar surface area (TPSA) is 21.1 Å². The maximum atomic E-state index is 5.29. The van der Waals surface area contributed by atoms with Crippen molar-refractivity contribution in [3.63, 3.8) is 0 Å². The van der Waals surface area contributed by atoms with E-state index in [1.54, 1.807) is 0 Å². The lowest BCUT2D eigenvalue weighted by atomic mass is 9.85. The zero-order chi connectivity index (χ0) is 39.3. The van der Waals surface area contributed by atoms with Crippen LogP contribution in [0.15, 0.2) is 212 Å². The van der Waals surface area contributed by atoms with E-state index in [4.69, 9.17) is 4.98 Å². The van der Waals surface area contributed by atoms with Crippen molar-refractivity contribution in [3.05, 3.63) is 224 Å². The van der Waals surface area contributed by atoms with Crippen LogP contribution in [0.3, 0.4) is 0 Å². The zero-order valence-electron chi connectivity index (χ0n) is 33.0. The Balaban J connectivity index is 1.04. The van der Waals surface area contributed by atoms with Gasteiger partial charge in [-0.3, -0.25) is 0 Å². The first-order valence-corrected chi connectivity index (χ1v) is 20.8. The molecule has 0 saturated carbocycles. The highest BCUT2D eigenvalue weighted by Crippen LogP contribution is 2.52. The second-order valence-electron chi connectivity index (χ2n) is 16.0. The molecule has 8 aromatic rings. The highest BCUT2D eigenvalue weighted by molar-refractivity contribution is 5.99. The minimum atomic E-state index is 0.0639. The number of pyridine rings is 1. The fourth-order valence-electron chi connectivity index (χ4n) is 9.55. The first-order chi connectivity index (χ1) is 29.2. The summed E-state index contributed by atoms with van der Waals surface area (Å²) >= 11 is 0. The number of allylic oxidation sites excluding steroid dienone is 6. The number of benzene rings is 6. The van der Waals surface area contributed by atoms with E-state index in [0.29, 0.717) is 5.92 Å². The van der Waals surface area contributed by atoms with E-state index in [1.165, 1.54) is 55.8 Å². The van der Waals surface area contributed by atoms with Gasteiger partial charge < -0.3 is 9.47 Å². The fraction of sp³-hybridized carbons (Fsp3) is 0.0893. The van der Waals surface area contributed by atoms with E-state index in [1.807, 2.05) is 0 Å². The standard InChI is InChI=1S/C56H43N3/c1-38-17-14-20-40(33-38)44-36-50(39-18-4-2-5-19-39)57-51(37-44)43-23-15-21-41(34-43)42-22-16-26-46(35-42)58-52-30-11-8-27-47(52)55-48-28-9-12-31-53(48)59(45-24-6-3-7-25-45)56(55)49-29-10-13-32-54(49)58/h2-32,34-38,47,52H,33H2,1H3. The highest BCUT2D eigenvalue weighted by Gasteiger charge is 2.38. The average Bonchev–Trinajstić information content (AvgIpc) is 3.59. The van der Waals surface area contributed by atoms with Gasteiger partial charge in [-0.25, -0.2) is 4.98 Å². The minimum Gasteiger partial charge on any atom is -0.333 e. The largest absolute Gasteiger partial charge is 0.333 e. The fourth-order valence-corrected chi connectivity index (χ4v) is 9.55. The van der Waals surface area contributed by atoms with Crippen molar-refractivity contribution >= 4 is 27.9 Å². The van der Waals surface area contributed by atoms with Crippen LogP contribution in [0.4, 0.5) is 11.4 Å². The molecule has 0 saturated heterocycles. The number of anilines is 2. The summed E-state index contributed by atoms with van der Waals surface area (Å²) in [6, 6.07) is 61.9. The SMILES string of the molecule is CC1C=CC=C(c2cc(-c3ccccc3)nc(-c3cccc(-c4cccc(N5c6ccccc6-c6c(c7ccccc7n6-c6ccccc6)C6C=CC=CC65)c4)c3)c2)C1. The van der Waals surface area contributed by atoms with Gasteiger partial charge in [-0.05, 0) is 94.8 Å². The quantitative estimate of drug-likeness (QED) is 0.168. The molecule has 282 valence electrons. The number of para-hydroxylation sites is 3. The summed E-state index contributed by atoms with van der Waals surface area (Å²) in [5.74, 6) is 0.628. The Bertz CT molecular complexity index is 3000. The number of fused-ring (bicyclic) bond motifs is 7. The smallest absolute Gasteiger partial charge is 0.0715 e. The van der Waals surface area contributed by atoms with Gasteiger partial charge in [0.15, 0.2) is 0 Å². The molecule has 1 aliphatic heterocycles. The van der Waals surface area contributed by atoms with E-state index < -0.39 is 0 Å². The molecule has 2 aliphatic carbocycles. The predicted molar refractivity (Wildman–Crippen MR) is 247 cm³/mol. The normalized spacial score (nSPS) is 17.9. The van der Waals surface area contributed by atoms with Gasteiger partial charge in [0.1, 0.15) is 0 Å². The molecule has 2 aromatic heterocycles. The van der Waals surface area contributed by atoms with Crippen LogP contribution < -0.4 is 4.90 Å². The molecule has 11 rings (SSSR count). The Morgan fingerprint density at radius 2 is 1.19 bits per heavy atom. The summed E-state index contributed by atoms with van der Waals surface area (Å²) in [6.07, 6.45) is 17.0. The van der Waals surface area contributed by atoms with Crippen molar-refractivity contribution in [2.75, 3.05) is 4.90 Å². The van der Waals surface area contributed by atoms with Gasteiger partial charge in [0.25, 0.3) is 0 Å². The summed E-state index contributed by atoms with van der Waals surface area (Å²) in [5, 5.41) is 1.29. The number of hydrogen-bond donors (Lipinski definition) is 0. The molecule has 3 aliphatic rings. The number of rotatable bonds is 6. The van der Waals surface area contributed by atoms with Crippen molar-refractivity contribution < 1.29 is 0 Å². The Kier molecular flexibility index (Phi) is 8.66. The van der Waals surface area contributed by atoms with Gasteiger partial charge in [-0.1, -0.05) is 165 Å². The summed E-state index contributed by atoms with van der Waals surface area (Å²) in [5.41, 5.74) is 17.7. The first-order valence-electron chi connectivity index (χ1n) is 20.8. The maximum absolute atomic E-state index is 5.29. The molecule has 3 atom stereocenters. The minimum absolute atomic E-state index is 0.0639. The molecule has 0 bridgehead atoms. The molecular weight excluding hydrogens is 715 g/mol. The van der Waals surface area contributed by atoms with Crippen molar-refractivity contribution in [2.45, 2.75) is 25.3 Å². The van der Waals surface area contributed by atoms with E-state index in [-0.39, 0.29) is 12.0 Å². The molecule has 3 heteroatoms. The number of nitrogens with zero attached hydrogens (tertiary/aromatic N) is 3. The van der Waals surface area contributed by atoms with E-state index in [0.717, 1.165) is 40.2 Å². The lowest BCUT2D eigenvalue weighted by Crippen LogP contribution is -2.34. The predicted octanol–water partition coefficient (Wildman–Crippen LogP) is 14.4. The molecule has 3 nitrogen and oxygen atoms in total. The third-order valence-electron chi connectivity index (χ3n) is 12.2. The zero-order valence-corrected chi connectivity index (χ0v) is 33.0. The van der Waals surface area contributed by atoms with Crippen LogP contribution in [-0.4, -0.2) is 15.6 Å². The van der Waals surface area contributed by atoms with Crippen LogP contribution in [0.2, 0.25) is 0 Å². The number of aromatic nitrogens is 2. The molecule has 0 N–H and O–H groups in total. The molecule has 6 aromatic carbocycles. The second kappa shape index (κ2) is 14.6. The maximum Gasteiger partial charge on any atom is 0.0715 e. The van der Waals surface area contributed by atoms with Crippen LogP contribution in [0, 0.1) is 5.92 Å². The lowest BCUT2D eigenvalue weighted by Gasteiger charge is -2.36. The van der Waals surface area contributed by atoms with E-state index in [9.17, 15) is 0 Å². The summed E-state index contributed by atoms with van der Waals surface area (Å²) in [7, 11) is 0. The highest BCUT2D eigenvalue weighted by atomic mass is 15.2. The van der Waals surface area contributed by atoms with Gasteiger partial charge >= 0.3 is 0 Å². The molecular formula is C56H43N3. The lowest BCUT2D eigenvalue weighted by molar-refractivity contribution is 0.701. The molecule has 0 radical (unpaired) electrons. The molecule has 3 heterocycles. The first kappa shape index (κ1) is 35.0. The van der Waals surface area contributed by atoms with Crippen molar-refractivity contribution in [1.29, 1.82) is 0 Å². The van der Waals surface area contributed by atoms with Crippen molar-refractivity contribution in [2.24, 2.45) is 5.92 Å². The third-order valence-corrected chi connectivity index (χ3v) is 12.2. The van der Waals surface area contributed by atoms with Crippen LogP contribution >= 0.6 is 0 Å². The van der Waals surface area contributed by atoms with Gasteiger partial charge in [0.2, 0.25) is 0 Å². The third kappa shape index (κ3) is 6.18. The second-order valence-corrected chi connectivity index (χ2v) is 16.0. The number of hydrogen-bond acceptors (Lipinski definition) is 2. The molecule has 3 unspecified atom stereocenters. The molecule has 0 amide bonds. The van der Waals surface area contributed by atoms with E-state index in [2.05, 4.69) is 229 Å². The van der Waals surface area contributed by atoms with Gasteiger partial charge in [0.05, 0.1) is 34.3 Å². The Labute approximate surface area is 346 Å².